The van der Waals surface area contributed by atoms with Crippen LogP contribution in [0.3, 0.4) is 0 Å². The van der Waals surface area contributed by atoms with Gasteiger partial charge in [-0.3, -0.25) is 9.59 Å². The van der Waals surface area contributed by atoms with Gasteiger partial charge >= 0.3 is 12.2 Å². The predicted molar refractivity (Wildman–Crippen MR) is 328 cm³/mol. The van der Waals surface area contributed by atoms with Crippen molar-refractivity contribution in [1.29, 1.82) is 0 Å². The summed E-state index contributed by atoms with van der Waals surface area (Å²) >= 11 is 0. The molecule has 80 heavy (non-hydrogen) atoms. The van der Waals surface area contributed by atoms with Gasteiger partial charge in [-0.1, -0.05) is 161 Å². The van der Waals surface area contributed by atoms with Crippen LogP contribution >= 0.6 is 0 Å². The minimum Gasteiger partial charge on any atom is -0.493 e. The number of benzene rings is 2. The number of likely N-dealkylation sites (tertiary alicyclic amines) is 2. The molecule has 6 atom stereocenters. The molecular weight excluding hydrogens is 1010 g/mol. The van der Waals surface area contributed by atoms with E-state index in [4.69, 9.17) is 28.9 Å². The lowest BCUT2D eigenvalue weighted by atomic mass is 9.80. The molecule has 16 nitrogen and oxygen atoms in total. The van der Waals surface area contributed by atoms with Crippen molar-refractivity contribution in [2.24, 2.45) is 23.7 Å². The van der Waals surface area contributed by atoms with Gasteiger partial charge in [-0.15, -0.1) is 0 Å². The molecule has 1 aliphatic carbocycles. The number of hydrogen-bond donors (Lipinski definition) is 4. The summed E-state index contributed by atoms with van der Waals surface area (Å²) in [7, 11) is 2.59. The fraction of sp³-hybridized carbons (Fsp3) is 0.594. The van der Waals surface area contributed by atoms with Crippen molar-refractivity contribution in [2.45, 2.75) is 186 Å². The Hall–Kier alpha value is -6.58. The van der Waals surface area contributed by atoms with Gasteiger partial charge in [-0.25, -0.2) is 19.6 Å². The Morgan fingerprint density at radius 1 is 0.575 bits per heavy atom. The highest BCUT2D eigenvalue weighted by atomic mass is 16.5. The number of rotatable bonds is 11. The van der Waals surface area contributed by atoms with Crippen LogP contribution in [0, 0.1) is 23.7 Å². The molecule has 3 aliphatic heterocycles. The van der Waals surface area contributed by atoms with Gasteiger partial charge in [-0.2, -0.15) is 0 Å². The first-order chi connectivity index (χ1) is 38.8. The fourth-order valence-electron chi connectivity index (χ4n) is 9.87. The van der Waals surface area contributed by atoms with Crippen molar-refractivity contribution in [2.75, 3.05) is 40.5 Å². The van der Waals surface area contributed by atoms with Crippen LogP contribution in [0.2, 0.25) is 0 Å². The molecule has 2 aromatic carbocycles. The number of allylic oxidation sites excluding steroid dienone is 2. The van der Waals surface area contributed by atoms with Crippen LogP contribution in [0.1, 0.15) is 186 Å². The fourth-order valence-corrected chi connectivity index (χ4v) is 9.87. The van der Waals surface area contributed by atoms with Gasteiger partial charge < -0.3 is 49.3 Å². The van der Waals surface area contributed by atoms with E-state index in [9.17, 15) is 19.2 Å². The van der Waals surface area contributed by atoms with Crippen LogP contribution in [0.4, 0.5) is 9.59 Å². The maximum atomic E-state index is 13.8. The molecule has 8 rings (SSSR count). The minimum absolute atomic E-state index is 0.129. The SMILES string of the molecule is C=CC=C.CC.CC.CC.CC.CC.CC.COC(=O)NC(C(=O)N1CCC[C@H]1c1ncc(-c2ccc3c(c2)OCC2CCCCC2COc2cc(-c4cnc([C@@H]5CCCN5C(=O)C(NC(=O)OC)C(C)C)[nH]4)ccc2-3)[nH]1)C(C)C. The number of nitrogens with zero attached hydrogens (tertiary/aromatic N) is 4. The molecule has 5 heterocycles. The van der Waals surface area contributed by atoms with Gasteiger partial charge in [0.05, 0.1) is 63.3 Å². The molecule has 0 bridgehead atoms. The molecule has 4 aromatic rings. The van der Waals surface area contributed by atoms with E-state index in [0.29, 0.717) is 49.8 Å². The lowest BCUT2D eigenvalue weighted by Crippen LogP contribution is -2.51. The average molecular weight is 1110 g/mol. The third kappa shape index (κ3) is 19.3. The number of H-pyrrole nitrogens is 2. The van der Waals surface area contributed by atoms with Gasteiger partial charge in [0.15, 0.2) is 0 Å². The number of hydrogen-bond acceptors (Lipinski definition) is 10. The van der Waals surface area contributed by atoms with E-state index in [1.54, 1.807) is 12.2 Å². The van der Waals surface area contributed by atoms with E-state index >= 15 is 0 Å². The summed E-state index contributed by atoms with van der Waals surface area (Å²) in [6.07, 6.45) is 13.3. The lowest BCUT2D eigenvalue weighted by molar-refractivity contribution is -0.136. The van der Waals surface area contributed by atoms with E-state index in [1.165, 1.54) is 27.1 Å². The first-order valence-electron chi connectivity index (χ1n) is 30.0. The molecule has 0 spiro atoms. The molecule has 2 saturated heterocycles. The zero-order valence-electron chi connectivity index (χ0n) is 52.3. The Kier molecular flexibility index (Phi) is 34.8. The van der Waals surface area contributed by atoms with Gasteiger partial charge in [0, 0.05) is 35.3 Å². The normalized spacial score (nSPS) is 18.1. The number of carbonyl (C=O) groups excluding carboxylic acids is 4. The molecular formula is C64H104N8O8. The molecule has 1 saturated carbocycles. The number of ether oxygens (including phenoxy) is 4. The molecule has 0 radical (unpaired) electrons. The molecule has 448 valence electrons. The van der Waals surface area contributed by atoms with Crippen LogP contribution < -0.4 is 20.1 Å². The average Bonchev–Trinajstić information content (AvgIpc) is 4.40. The minimum atomic E-state index is -0.716. The highest BCUT2D eigenvalue weighted by molar-refractivity contribution is 5.87. The first kappa shape index (κ1) is 71.4. The lowest BCUT2D eigenvalue weighted by Gasteiger charge is -2.33. The summed E-state index contributed by atoms with van der Waals surface area (Å²) in [6, 6.07) is 10.4. The monoisotopic (exact) mass is 1110 g/mol. The molecule has 3 fully saturated rings. The number of fused-ring (bicyclic) bond motifs is 4. The molecule has 4 amide bonds. The third-order valence-electron chi connectivity index (χ3n) is 13.7. The zero-order valence-corrected chi connectivity index (χ0v) is 52.3. The van der Waals surface area contributed by atoms with Crippen LogP contribution in [-0.2, 0) is 19.1 Å². The highest BCUT2D eigenvalue weighted by Crippen LogP contribution is 2.44. The van der Waals surface area contributed by atoms with Crippen LogP contribution in [0.25, 0.3) is 33.6 Å². The number of carbonyl (C=O) groups is 4. The van der Waals surface area contributed by atoms with Crippen molar-refractivity contribution >= 4 is 24.0 Å². The standard InChI is InChI=1S/C48H62N8O8.C4H6.6C2H6/c1-27(2)41(53-47(59)61-5)45(57)55-19-9-13-37(55)43-49-23-35(51-43)29-15-17-33-34-18-16-30(22-40(34)64-26-32-12-8-7-11-31(32)25-63-39(33)21-29)36-24-50-44(52-36)38-14-10-20-56(38)46(58)42(28(3)4)54-48(60)62-6;1-3-4-2;6*1-2/h15-18,21-24,27-28,31-32,37-38,41-42H,7-14,19-20,25-26H2,1-6H3,(H,49,51)(H,50,52)(H,53,59)(H,54,60);3-4H,1-2H2;6*1-2H3/t31?,32?,37-,38-,41?,42?;;;;;;;/m0......./s1. The number of imidazole rings is 2. The Labute approximate surface area is 482 Å². The Balaban J connectivity index is 0.00000182. The molecule has 4 aliphatic rings. The second-order valence-corrected chi connectivity index (χ2v) is 18.8. The maximum absolute atomic E-state index is 13.8. The van der Waals surface area contributed by atoms with E-state index in [0.717, 1.165) is 83.7 Å². The van der Waals surface area contributed by atoms with Crippen molar-refractivity contribution in [3.8, 4) is 45.1 Å². The summed E-state index contributed by atoms with van der Waals surface area (Å²) in [4.78, 5) is 72.1. The van der Waals surface area contributed by atoms with E-state index in [-0.39, 0.29) is 35.7 Å². The molecule has 2 aromatic heterocycles. The zero-order chi connectivity index (χ0) is 60.5. The summed E-state index contributed by atoms with van der Waals surface area (Å²) < 4.78 is 23.2. The largest absolute Gasteiger partial charge is 0.493 e. The van der Waals surface area contributed by atoms with E-state index in [2.05, 4.69) is 70.2 Å². The molecule has 4 N–H and O–H groups in total. The van der Waals surface area contributed by atoms with Gasteiger partial charge in [0.1, 0.15) is 35.2 Å². The number of nitrogens with one attached hydrogen (secondary N) is 4. The Bertz CT molecular complexity index is 2260. The molecule has 16 heteroatoms. The predicted octanol–water partition coefficient (Wildman–Crippen LogP) is 15.3. The van der Waals surface area contributed by atoms with Crippen LogP contribution in [0.15, 0.2) is 74.1 Å². The molecule has 4 unspecified atom stereocenters. The number of alkyl carbamates (subject to hydrolysis) is 2. The Morgan fingerprint density at radius 3 is 1.24 bits per heavy atom. The van der Waals surface area contributed by atoms with E-state index < -0.39 is 24.3 Å². The second kappa shape index (κ2) is 38.9. The summed E-state index contributed by atoms with van der Waals surface area (Å²) in [6.45, 7) is 40.7. The number of amides is 4. The maximum Gasteiger partial charge on any atom is 0.407 e. The van der Waals surface area contributed by atoms with Crippen LogP contribution in [0.5, 0.6) is 11.5 Å². The number of aromatic amines is 2. The second-order valence-electron chi connectivity index (χ2n) is 18.8. The van der Waals surface area contributed by atoms with Gasteiger partial charge in [0.2, 0.25) is 11.8 Å². The number of aromatic nitrogens is 4. The smallest absolute Gasteiger partial charge is 0.407 e. The quantitative estimate of drug-likeness (QED) is 0.105. The van der Waals surface area contributed by atoms with Gasteiger partial charge in [-0.05, 0) is 86.5 Å². The third-order valence-corrected chi connectivity index (χ3v) is 13.7. The van der Waals surface area contributed by atoms with Crippen LogP contribution in [-0.4, -0.2) is 106 Å². The highest BCUT2D eigenvalue weighted by Gasteiger charge is 2.39. The van der Waals surface area contributed by atoms with Crippen molar-refractivity contribution < 1.29 is 38.1 Å². The van der Waals surface area contributed by atoms with Crippen molar-refractivity contribution in [3.05, 3.63) is 85.8 Å². The van der Waals surface area contributed by atoms with Gasteiger partial charge in [0.25, 0.3) is 0 Å². The summed E-state index contributed by atoms with van der Waals surface area (Å²) in [5.41, 5.74) is 5.26. The van der Waals surface area contributed by atoms with Crippen molar-refractivity contribution in [3.63, 3.8) is 0 Å². The van der Waals surface area contributed by atoms with E-state index in [1.807, 2.05) is 133 Å². The van der Waals surface area contributed by atoms with Crippen molar-refractivity contribution in [1.82, 2.24) is 40.4 Å². The first-order valence-corrected chi connectivity index (χ1v) is 30.0. The topological polar surface area (TPSA) is 193 Å². The Morgan fingerprint density at radius 2 is 0.925 bits per heavy atom. The number of methoxy groups -OCH3 is 2. The summed E-state index contributed by atoms with van der Waals surface area (Å²) in [5.74, 6) is 3.04. The summed E-state index contributed by atoms with van der Waals surface area (Å²) in [5, 5.41) is 5.44.